The van der Waals surface area contributed by atoms with Gasteiger partial charge in [0.25, 0.3) is 0 Å². The summed E-state index contributed by atoms with van der Waals surface area (Å²) in [5, 5.41) is 4.22. The smallest absolute Gasteiger partial charge is 0.130 e. The molecule has 0 fully saturated rings. The van der Waals surface area contributed by atoms with Crippen LogP contribution >= 0.6 is 11.8 Å². The normalized spacial score (nSPS) is 12.5. The fraction of sp³-hybridized carbons (Fsp3) is 0.600. The lowest BCUT2D eigenvalue weighted by Gasteiger charge is -2.09. The molecule has 0 radical (unpaired) electrons. The molecule has 0 aliphatic rings. The third kappa shape index (κ3) is 4.48. The number of thioether (sulfide) groups is 1. The zero-order valence-electron chi connectivity index (χ0n) is 9.23. The van der Waals surface area contributed by atoms with E-state index in [1.807, 2.05) is 12.3 Å². The van der Waals surface area contributed by atoms with Crippen molar-refractivity contribution in [2.75, 3.05) is 18.1 Å². The van der Waals surface area contributed by atoms with Gasteiger partial charge in [0.2, 0.25) is 0 Å². The van der Waals surface area contributed by atoms with Crippen LogP contribution in [-0.2, 0) is 0 Å². The van der Waals surface area contributed by atoms with Crippen molar-refractivity contribution in [2.24, 2.45) is 5.73 Å². The number of aromatic nitrogens is 2. The van der Waals surface area contributed by atoms with Crippen LogP contribution in [0.3, 0.4) is 0 Å². The van der Waals surface area contributed by atoms with Crippen LogP contribution in [0.1, 0.15) is 19.8 Å². The van der Waals surface area contributed by atoms with Gasteiger partial charge in [0.15, 0.2) is 0 Å². The molecule has 1 aromatic heterocycles. The molecule has 0 saturated heterocycles. The van der Waals surface area contributed by atoms with E-state index in [0.717, 1.165) is 30.2 Å². The summed E-state index contributed by atoms with van der Waals surface area (Å²) in [6, 6.07) is 2.22. The van der Waals surface area contributed by atoms with Gasteiger partial charge in [-0.25, -0.2) is 9.97 Å². The monoisotopic (exact) mass is 226 g/mol. The van der Waals surface area contributed by atoms with Crippen LogP contribution in [0.2, 0.25) is 0 Å². The molecule has 84 valence electrons. The van der Waals surface area contributed by atoms with Crippen LogP contribution in [0, 0.1) is 0 Å². The number of nitrogens with two attached hydrogens (primary N) is 1. The Balaban J connectivity index is 2.37. The Morgan fingerprint density at radius 3 is 3.00 bits per heavy atom. The Morgan fingerprint density at radius 1 is 1.53 bits per heavy atom. The lowest BCUT2D eigenvalue weighted by atomic mass is 10.2. The first-order valence-electron chi connectivity index (χ1n) is 5.11. The van der Waals surface area contributed by atoms with Crippen molar-refractivity contribution >= 4 is 17.6 Å². The molecule has 0 aromatic carbocycles. The van der Waals surface area contributed by atoms with Gasteiger partial charge in [0.1, 0.15) is 17.2 Å². The minimum Gasteiger partial charge on any atom is -0.370 e. The molecule has 0 bridgehead atoms. The standard InChI is InChI=1S/C10H18N4S/c1-3-8(11)4-5-12-9-6-10(15-2)14-7-13-9/h6-8H,3-5,11H2,1-2H3,(H,12,13,14). The van der Waals surface area contributed by atoms with Crippen molar-refractivity contribution in [2.45, 2.75) is 30.8 Å². The van der Waals surface area contributed by atoms with Crippen molar-refractivity contribution in [1.82, 2.24) is 9.97 Å². The molecule has 1 atom stereocenters. The van der Waals surface area contributed by atoms with E-state index in [1.165, 1.54) is 0 Å². The average Bonchev–Trinajstić information content (AvgIpc) is 2.29. The zero-order valence-corrected chi connectivity index (χ0v) is 10.0. The van der Waals surface area contributed by atoms with Gasteiger partial charge in [-0.05, 0) is 19.1 Å². The second-order valence-electron chi connectivity index (χ2n) is 3.33. The van der Waals surface area contributed by atoms with Crippen LogP contribution in [0.15, 0.2) is 17.4 Å². The van der Waals surface area contributed by atoms with Crippen molar-refractivity contribution < 1.29 is 0 Å². The second kappa shape index (κ2) is 6.63. The summed E-state index contributed by atoms with van der Waals surface area (Å²) < 4.78 is 0. The number of nitrogens with one attached hydrogen (secondary N) is 1. The summed E-state index contributed by atoms with van der Waals surface area (Å²) in [6.45, 7) is 2.96. The number of hydrogen-bond acceptors (Lipinski definition) is 5. The highest BCUT2D eigenvalue weighted by molar-refractivity contribution is 7.98. The van der Waals surface area contributed by atoms with E-state index in [2.05, 4.69) is 22.2 Å². The van der Waals surface area contributed by atoms with Gasteiger partial charge in [-0.3, -0.25) is 0 Å². The van der Waals surface area contributed by atoms with E-state index in [1.54, 1.807) is 18.1 Å². The van der Waals surface area contributed by atoms with Gasteiger partial charge in [-0.15, -0.1) is 11.8 Å². The van der Waals surface area contributed by atoms with Gasteiger partial charge in [0.05, 0.1) is 0 Å². The predicted octanol–water partition coefficient (Wildman–Crippen LogP) is 1.74. The van der Waals surface area contributed by atoms with E-state index in [-0.39, 0.29) is 6.04 Å². The van der Waals surface area contributed by atoms with Crippen LogP contribution in [0.25, 0.3) is 0 Å². The number of nitrogens with zero attached hydrogens (tertiary/aromatic N) is 2. The first kappa shape index (κ1) is 12.3. The Bertz CT molecular complexity index is 293. The fourth-order valence-electron chi connectivity index (χ4n) is 1.14. The van der Waals surface area contributed by atoms with Gasteiger partial charge in [-0.2, -0.15) is 0 Å². The number of anilines is 1. The lowest BCUT2D eigenvalue weighted by Crippen LogP contribution is -2.22. The molecule has 1 rings (SSSR count). The molecule has 1 heterocycles. The number of hydrogen-bond donors (Lipinski definition) is 2. The van der Waals surface area contributed by atoms with Gasteiger partial charge in [-0.1, -0.05) is 6.92 Å². The molecule has 15 heavy (non-hydrogen) atoms. The molecule has 5 heteroatoms. The Kier molecular flexibility index (Phi) is 5.42. The summed E-state index contributed by atoms with van der Waals surface area (Å²) in [7, 11) is 0. The molecular formula is C10H18N4S. The molecule has 3 N–H and O–H groups in total. The van der Waals surface area contributed by atoms with Crippen LogP contribution in [0.5, 0.6) is 0 Å². The highest BCUT2D eigenvalue weighted by atomic mass is 32.2. The summed E-state index contributed by atoms with van der Waals surface area (Å²) in [5.41, 5.74) is 5.82. The summed E-state index contributed by atoms with van der Waals surface area (Å²) >= 11 is 1.61. The lowest BCUT2D eigenvalue weighted by molar-refractivity contribution is 0.613. The second-order valence-corrected chi connectivity index (χ2v) is 4.16. The van der Waals surface area contributed by atoms with E-state index in [9.17, 15) is 0 Å². The van der Waals surface area contributed by atoms with Gasteiger partial charge in [0, 0.05) is 18.7 Å². The number of rotatable bonds is 6. The van der Waals surface area contributed by atoms with E-state index in [0.29, 0.717) is 0 Å². The molecule has 0 saturated carbocycles. The van der Waals surface area contributed by atoms with Crippen molar-refractivity contribution in [1.29, 1.82) is 0 Å². The van der Waals surface area contributed by atoms with Crippen LogP contribution in [0.4, 0.5) is 5.82 Å². The Hall–Kier alpha value is -0.810. The van der Waals surface area contributed by atoms with Crippen molar-refractivity contribution in [3.8, 4) is 0 Å². The van der Waals surface area contributed by atoms with Crippen LogP contribution < -0.4 is 11.1 Å². The molecule has 0 amide bonds. The van der Waals surface area contributed by atoms with Crippen molar-refractivity contribution in [3.63, 3.8) is 0 Å². The summed E-state index contributed by atoms with van der Waals surface area (Å²) in [6.07, 6.45) is 5.56. The van der Waals surface area contributed by atoms with Crippen LogP contribution in [-0.4, -0.2) is 28.8 Å². The van der Waals surface area contributed by atoms with Gasteiger partial charge < -0.3 is 11.1 Å². The fourth-order valence-corrected chi connectivity index (χ4v) is 1.52. The van der Waals surface area contributed by atoms with E-state index in [4.69, 9.17) is 5.73 Å². The average molecular weight is 226 g/mol. The summed E-state index contributed by atoms with van der Waals surface area (Å²) in [4.78, 5) is 8.24. The maximum atomic E-state index is 5.82. The summed E-state index contributed by atoms with van der Waals surface area (Å²) in [5.74, 6) is 0.873. The molecule has 4 nitrogen and oxygen atoms in total. The molecule has 0 spiro atoms. The first-order valence-corrected chi connectivity index (χ1v) is 6.34. The third-order valence-electron chi connectivity index (χ3n) is 2.20. The third-order valence-corrected chi connectivity index (χ3v) is 2.84. The largest absolute Gasteiger partial charge is 0.370 e. The SMILES string of the molecule is CCC(N)CCNc1cc(SC)ncn1. The maximum absolute atomic E-state index is 5.82. The quantitative estimate of drug-likeness (QED) is 0.571. The topological polar surface area (TPSA) is 63.8 Å². The van der Waals surface area contributed by atoms with Crippen molar-refractivity contribution in [3.05, 3.63) is 12.4 Å². The molecule has 0 aliphatic carbocycles. The van der Waals surface area contributed by atoms with E-state index >= 15 is 0 Å². The maximum Gasteiger partial charge on any atom is 0.130 e. The molecular weight excluding hydrogens is 208 g/mol. The molecule has 0 aliphatic heterocycles. The highest BCUT2D eigenvalue weighted by Gasteiger charge is 2.00. The zero-order chi connectivity index (χ0) is 11.1. The molecule has 1 unspecified atom stereocenters. The highest BCUT2D eigenvalue weighted by Crippen LogP contribution is 2.13. The predicted molar refractivity (Wildman–Crippen MR) is 65.2 cm³/mol. The minimum absolute atomic E-state index is 0.277. The first-order chi connectivity index (χ1) is 7.26. The molecule has 1 aromatic rings. The van der Waals surface area contributed by atoms with E-state index < -0.39 is 0 Å². The van der Waals surface area contributed by atoms with Gasteiger partial charge >= 0.3 is 0 Å². The minimum atomic E-state index is 0.277. The Labute approximate surface area is 95.1 Å². The Morgan fingerprint density at radius 2 is 2.33 bits per heavy atom.